The maximum Gasteiger partial charge on any atom is 0.393 e. The topological polar surface area (TPSA) is 83.0 Å². The number of hydrogen-bond donors (Lipinski definition) is 1. The summed E-state index contributed by atoms with van der Waals surface area (Å²) < 4.78 is 39.8. The molecular weight excluding hydrogens is 333 g/mol. The van der Waals surface area contributed by atoms with Gasteiger partial charge in [0.25, 0.3) is 0 Å². The van der Waals surface area contributed by atoms with Gasteiger partial charge in [0, 0.05) is 30.6 Å². The maximum absolute atomic E-state index is 13.3. The Morgan fingerprint density at radius 1 is 1.32 bits per heavy atom. The number of carbonyl (C=O) groups is 1. The minimum absolute atomic E-state index is 0.109. The van der Waals surface area contributed by atoms with E-state index in [1.165, 1.54) is 6.20 Å². The first-order valence-corrected chi connectivity index (χ1v) is 7.70. The van der Waals surface area contributed by atoms with E-state index in [0.29, 0.717) is 22.0 Å². The third-order valence-electron chi connectivity index (χ3n) is 4.59. The average Bonchev–Trinajstić information content (AvgIpc) is 2.59. The van der Waals surface area contributed by atoms with Gasteiger partial charge in [0.05, 0.1) is 17.0 Å². The summed E-state index contributed by atoms with van der Waals surface area (Å²) in [5.41, 5.74) is 6.68. The molecule has 2 amide bonds. The first-order valence-electron chi connectivity index (χ1n) is 7.70. The molecule has 0 bridgehead atoms. The molecule has 1 aromatic carbocycles. The fourth-order valence-electron chi connectivity index (χ4n) is 3.38. The van der Waals surface area contributed by atoms with E-state index in [0.717, 1.165) is 4.90 Å². The molecule has 2 aromatic rings. The van der Waals surface area contributed by atoms with Gasteiger partial charge in [0.15, 0.2) is 0 Å². The molecular formula is C17H15F3N4O. The number of alkyl halides is 3. The summed E-state index contributed by atoms with van der Waals surface area (Å²) in [4.78, 5) is 16.7. The summed E-state index contributed by atoms with van der Waals surface area (Å²) in [5, 5.41) is 9.82. The fourth-order valence-corrected chi connectivity index (χ4v) is 3.38. The van der Waals surface area contributed by atoms with Crippen molar-refractivity contribution in [2.75, 3.05) is 13.1 Å². The lowest BCUT2D eigenvalue weighted by Crippen LogP contribution is -2.49. The quantitative estimate of drug-likeness (QED) is 0.859. The van der Waals surface area contributed by atoms with E-state index >= 15 is 0 Å². The number of nitrogens with two attached hydrogens (primary N) is 1. The molecule has 1 aromatic heterocycles. The summed E-state index contributed by atoms with van der Waals surface area (Å²) in [6, 6.07) is 7.76. The highest BCUT2D eigenvalue weighted by Crippen LogP contribution is 2.40. The van der Waals surface area contributed by atoms with Gasteiger partial charge in [0.1, 0.15) is 6.07 Å². The monoisotopic (exact) mass is 348 g/mol. The number of benzene rings is 1. The van der Waals surface area contributed by atoms with Gasteiger partial charge in [-0.25, -0.2) is 4.79 Å². The van der Waals surface area contributed by atoms with E-state index in [1.54, 1.807) is 24.3 Å². The zero-order valence-electron chi connectivity index (χ0n) is 13.1. The van der Waals surface area contributed by atoms with Crippen LogP contribution in [0.3, 0.4) is 0 Å². The van der Waals surface area contributed by atoms with Crippen LogP contribution in [-0.2, 0) is 0 Å². The van der Waals surface area contributed by atoms with Crippen molar-refractivity contribution >= 4 is 16.9 Å². The van der Waals surface area contributed by atoms with E-state index in [4.69, 9.17) is 5.73 Å². The van der Waals surface area contributed by atoms with Crippen molar-refractivity contribution in [3.05, 3.63) is 41.6 Å². The van der Waals surface area contributed by atoms with Gasteiger partial charge in [0.2, 0.25) is 0 Å². The molecule has 1 saturated heterocycles. The van der Waals surface area contributed by atoms with Gasteiger partial charge in [-0.1, -0.05) is 12.1 Å². The Balaban J connectivity index is 2.07. The summed E-state index contributed by atoms with van der Waals surface area (Å²) in [5.74, 6) is -2.17. The molecule has 2 atom stereocenters. The van der Waals surface area contributed by atoms with Gasteiger partial charge in [-0.05, 0) is 24.1 Å². The molecule has 130 valence electrons. The molecule has 1 unspecified atom stereocenters. The van der Waals surface area contributed by atoms with Crippen LogP contribution in [0.5, 0.6) is 0 Å². The minimum Gasteiger partial charge on any atom is -0.351 e. The molecule has 0 aliphatic carbocycles. The van der Waals surface area contributed by atoms with Crippen LogP contribution >= 0.6 is 0 Å². The van der Waals surface area contributed by atoms with Gasteiger partial charge >= 0.3 is 12.2 Å². The number of carbonyl (C=O) groups excluding carboxylic acids is 1. The van der Waals surface area contributed by atoms with Crippen molar-refractivity contribution in [2.45, 2.75) is 18.5 Å². The summed E-state index contributed by atoms with van der Waals surface area (Å²) in [6.45, 7) is -0.320. The number of piperidine rings is 1. The highest BCUT2D eigenvalue weighted by Gasteiger charge is 2.45. The number of pyridine rings is 1. The zero-order valence-corrected chi connectivity index (χ0v) is 13.1. The molecule has 8 heteroatoms. The Kier molecular flexibility index (Phi) is 4.25. The molecule has 2 N–H and O–H groups in total. The lowest BCUT2D eigenvalue weighted by Gasteiger charge is -2.38. The first-order chi connectivity index (χ1) is 11.8. The van der Waals surface area contributed by atoms with Crippen LogP contribution in [-0.4, -0.2) is 35.2 Å². The van der Waals surface area contributed by atoms with E-state index < -0.39 is 30.6 Å². The van der Waals surface area contributed by atoms with Crippen LogP contribution < -0.4 is 5.73 Å². The lowest BCUT2D eigenvalue weighted by molar-refractivity contribution is -0.185. The molecule has 0 saturated carbocycles. The predicted octanol–water partition coefficient (Wildman–Crippen LogP) is 3.15. The van der Waals surface area contributed by atoms with Crippen molar-refractivity contribution in [3.8, 4) is 6.07 Å². The second-order valence-electron chi connectivity index (χ2n) is 6.13. The molecule has 1 aliphatic heterocycles. The maximum atomic E-state index is 13.3. The minimum atomic E-state index is -4.41. The third-order valence-corrected chi connectivity index (χ3v) is 4.59. The number of primary amides is 1. The molecule has 2 heterocycles. The normalized spacial score (nSPS) is 21.1. The number of likely N-dealkylation sites (tertiary alicyclic amines) is 1. The van der Waals surface area contributed by atoms with Crippen molar-refractivity contribution in [1.82, 2.24) is 9.88 Å². The van der Waals surface area contributed by atoms with Gasteiger partial charge in [-0.2, -0.15) is 18.4 Å². The molecule has 1 fully saturated rings. The van der Waals surface area contributed by atoms with Crippen molar-refractivity contribution in [2.24, 2.45) is 11.7 Å². The zero-order chi connectivity index (χ0) is 18.2. The number of nitrogens with zero attached hydrogens (tertiary/aromatic N) is 3. The Morgan fingerprint density at radius 3 is 2.72 bits per heavy atom. The lowest BCUT2D eigenvalue weighted by atomic mass is 9.82. The predicted molar refractivity (Wildman–Crippen MR) is 84.5 cm³/mol. The number of urea groups is 1. The van der Waals surface area contributed by atoms with Crippen LogP contribution in [0.1, 0.15) is 23.5 Å². The SMILES string of the molecule is N#Cc1ccc(C2C[C@@H](C(F)(F)F)CN(C(N)=O)C2)c2cccnc12. The van der Waals surface area contributed by atoms with Crippen LogP contribution in [0.25, 0.3) is 10.9 Å². The Labute approximate surface area is 141 Å². The molecule has 1 aliphatic rings. The largest absolute Gasteiger partial charge is 0.393 e. The summed E-state index contributed by atoms with van der Waals surface area (Å²) in [7, 11) is 0. The number of halogens is 3. The second-order valence-corrected chi connectivity index (χ2v) is 6.13. The molecule has 0 radical (unpaired) electrons. The summed E-state index contributed by atoms with van der Waals surface area (Å²) >= 11 is 0. The molecule has 3 rings (SSSR count). The smallest absolute Gasteiger partial charge is 0.351 e. The Bertz CT molecular complexity index is 859. The Morgan fingerprint density at radius 2 is 2.08 bits per heavy atom. The van der Waals surface area contributed by atoms with Crippen LogP contribution in [0.2, 0.25) is 0 Å². The van der Waals surface area contributed by atoms with Crippen molar-refractivity contribution in [3.63, 3.8) is 0 Å². The number of fused-ring (bicyclic) bond motifs is 1. The second kappa shape index (κ2) is 6.24. The van der Waals surface area contributed by atoms with Crippen LogP contribution in [0.4, 0.5) is 18.0 Å². The number of hydrogen-bond acceptors (Lipinski definition) is 3. The average molecular weight is 348 g/mol. The van der Waals surface area contributed by atoms with Crippen LogP contribution in [0, 0.1) is 17.2 Å². The highest BCUT2D eigenvalue weighted by molar-refractivity contribution is 5.87. The van der Waals surface area contributed by atoms with E-state index in [2.05, 4.69) is 4.98 Å². The van der Waals surface area contributed by atoms with E-state index in [-0.39, 0.29) is 13.0 Å². The number of aromatic nitrogens is 1. The van der Waals surface area contributed by atoms with Gasteiger partial charge < -0.3 is 10.6 Å². The Hall–Kier alpha value is -2.82. The standard InChI is InChI=1S/C17H15F3N4O/c18-17(19,20)12-6-11(8-24(9-12)16(22)25)13-4-3-10(7-21)15-14(13)2-1-5-23-15/h1-5,11-12H,6,8-9H2,(H2,22,25)/t11?,12-/m1/s1. The summed E-state index contributed by atoms with van der Waals surface area (Å²) in [6.07, 6.45) is -3.02. The molecule has 5 nitrogen and oxygen atoms in total. The molecule has 0 spiro atoms. The van der Waals surface area contributed by atoms with Gasteiger partial charge in [-0.3, -0.25) is 4.98 Å². The first kappa shape index (κ1) is 17.0. The van der Waals surface area contributed by atoms with Crippen LogP contribution in [0.15, 0.2) is 30.5 Å². The highest BCUT2D eigenvalue weighted by atomic mass is 19.4. The van der Waals surface area contributed by atoms with E-state index in [9.17, 15) is 23.2 Å². The van der Waals surface area contributed by atoms with E-state index in [1.807, 2.05) is 6.07 Å². The van der Waals surface area contributed by atoms with Crippen molar-refractivity contribution < 1.29 is 18.0 Å². The molecule has 25 heavy (non-hydrogen) atoms. The fraction of sp³-hybridized carbons (Fsp3) is 0.353. The van der Waals surface area contributed by atoms with Gasteiger partial charge in [-0.15, -0.1) is 0 Å². The number of nitriles is 1. The van der Waals surface area contributed by atoms with Crippen molar-refractivity contribution in [1.29, 1.82) is 5.26 Å². The number of amides is 2. The number of rotatable bonds is 1. The third kappa shape index (κ3) is 3.22.